The number of aromatic nitrogens is 1. The summed E-state index contributed by atoms with van der Waals surface area (Å²) in [7, 11) is 0. The highest BCUT2D eigenvalue weighted by atomic mass is 15.3. The standard InChI is InChI=1S/C18H21N5/c19-12-14-11-18(21-17-4-2-1-3-16(14)17)23-8-5-15(13-23)22-9-6-20-7-10-22/h1-4,11,15,20H,5-10,13H2. The third-order valence-corrected chi connectivity index (χ3v) is 4.98. The minimum Gasteiger partial charge on any atom is -0.355 e. The minimum atomic E-state index is 0.607. The highest BCUT2D eigenvalue weighted by Crippen LogP contribution is 2.26. The summed E-state index contributed by atoms with van der Waals surface area (Å²) < 4.78 is 0. The highest BCUT2D eigenvalue weighted by molar-refractivity contribution is 5.86. The molecule has 1 atom stereocenters. The van der Waals surface area contributed by atoms with Crippen LogP contribution in [0.15, 0.2) is 30.3 Å². The maximum Gasteiger partial charge on any atom is 0.130 e. The smallest absolute Gasteiger partial charge is 0.130 e. The number of anilines is 1. The van der Waals surface area contributed by atoms with Gasteiger partial charge in [0.05, 0.1) is 17.1 Å². The fourth-order valence-corrected chi connectivity index (χ4v) is 3.71. The lowest BCUT2D eigenvalue weighted by atomic mass is 10.1. The summed E-state index contributed by atoms with van der Waals surface area (Å²) in [4.78, 5) is 9.71. The van der Waals surface area contributed by atoms with Crippen molar-refractivity contribution in [1.29, 1.82) is 5.26 Å². The number of para-hydroxylation sites is 1. The van der Waals surface area contributed by atoms with Gasteiger partial charge in [-0.1, -0.05) is 18.2 Å². The molecule has 2 saturated heterocycles. The zero-order chi connectivity index (χ0) is 15.6. The molecular weight excluding hydrogens is 286 g/mol. The van der Waals surface area contributed by atoms with E-state index >= 15 is 0 Å². The second-order valence-electron chi connectivity index (χ2n) is 6.33. The van der Waals surface area contributed by atoms with E-state index in [1.807, 2.05) is 30.3 Å². The third kappa shape index (κ3) is 2.76. The van der Waals surface area contributed by atoms with Gasteiger partial charge in [-0.2, -0.15) is 5.26 Å². The summed E-state index contributed by atoms with van der Waals surface area (Å²) in [6.07, 6.45) is 1.18. The van der Waals surface area contributed by atoms with Crippen LogP contribution in [0.2, 0.25) is 0 Å². The van der Waals surface area contributed by atoms with Gasteiger partial charge in [0, 0.05) is 50.7 Å². The number of benzene rings is 1. The van der Waals surface area contributed by atoms with Crippen LogP contribution in [0.1, 0.15) is 12.0 Å². The molecule has 0 amide bonds. The van der Waals surface area contributed by atoms with Gasteiger partial charge in [0.15, 0.2) is 0 Å². The summed E-state index contributed by atoms with van der Waals surface area (Å²) in [5.41, 5.74) is 1.63. The largest absolute Gasteiger partial charge is 0.355 e. The van der Waals surface area contributed by atoms with E-state index in [4.69, 9.17) is 4.98 Å². The third-order valence-electron chi connectivity index (χ3n) is 4.98. The molecule has 0 saturated carbocycles. The van der Waals surface area contributed by atoms with Crippen molar-refractivity contribution in [3.63, 3.8) is 0 Å². The Kier molecular flexibility index (Phi) is 3.86. The van der Waals surface area contributed by atoms with E-state index in [2.05, 4.69) is 21.2 Å². The zero-order valence-corrected chi connectivity index (χ0v) is 13.2. The number of nitrogens with one attached hydrogen (secondary N) is 1. The maximum atomic E-state index is 9.45. The number of nitrogens with zero attached hydrogens (tertiary/aromatic N) is 4. The van der Waals surface area contributed by atoms with Crippen molar-refractivity contribution in [3.8, 4) is 6.07 Å². The molecule has 1 N–H and O–H groups in total. The number of piperazine rings is 1. The first-order valence-electron chi connectivity index (χ1n) is 8.35. The molecule has 4 rings (SSSR count). The van der Waals surface area contributed by atoms with Gasteiger partial charge in [-0.05, 0) is 18.6 Å². The number of hydrogen-bond acceptors (Lipinski definition) is 5. The predicted octanol–water partition coefficient (Wildman–Crippen LogP) is 1.59. The van der Waals surface area contributed by atoms with E-state index in [0.29, 0.717) is 6.04 Å². The first-order chi connectivity index (χ1) is 11.3. The van der Waals surface area contributed by atoms with E-state index in [1.165, 1.54) is 6.42 Å². The van der Waals surface area contributed by atoms with Crippen molar-refractivity contribution >= 4 is 16.7 Å². The second-order valence-corrected chi connectivity index (χ2v) is 6.33. The van der Waals surface area contributed by atoms with Crippen molar-refractivity contribution < 1.29 is 0 Å². The van der Waals surface area contributed by atoms with Crippen LogP contribution in [0, 0.1) is 11.3 Å². The molecular formula is C18H21N5. The lowest BCUT2D eigenvalue weighted by Crippen LogP contribution is -2.49. The Morgan fingerprint density at radius 3 is 2.83 bits per heavy atom. The summed E-state index contributed by atoms with van der Waals surface area (Å²) in [6.45, 7) is 6.47. The Balaban J connectivity index is 1.59. The fraction of sp³-hybridized carbons (Fsp3) is 0.444. The molecule has 0 spiro atoms. The first-order valence-corrected chi connectivity index (χ1v) is 8.35. The van der Waals surface area contributed by atoms with Gasteiger partial charge in [0.2, 0.25) is 0 Å². The fourth-order valence-electron chi connectivity index (χ4n) is 3.71. The van der Waals surface area contributed by atoms with Gasteiger partial charge in [-0.15, -0.1) is 0 Å². The molecule has 118 valence electrons. The number of fused-ring (bicyclic) bond motifs is 1. The number of rotatable bonds is 2. The van der Waals surface area contributed by atoms with Crippen LogP contribution in [0.4, 0.5) is 5.82 Å². The van der Waals surface area contributed by atoms with Crippen LogP contribution in [-0.4, -0.2) is 55.2 Å². The molecule has 5 heteroatoms. The molecule has 0 bridgehead atoms. The summed E-state index contributed by atoms with van der Waals surface area (Å²) >= 11 is 0. The molecule has 2 aliphatic heterocycles. The second kappa shape index (κ2) is 6.15. The molecule has 1 aromatic heterocycles. The maximum absolute atomic E-state index is 9.45. The van der Waals surface area contributed by atoms with Crippen LogP contribution >= 0.6 is 0 Å². The molecule has 2 aromatic rings. The molecule has 1 aromatic carbocycles. The van der Waals surface area contributed by atoms with Crippen molar-refractivity contribution in [3.05, 3.63) is 35.9 Å². The van der Waals surface area contributed by atoms with Crippen molar-refractivity contribution in [1.82, 2.24) is 15.2 Å². The van der Waals surface area contributed by atoms with Gasteiger partial charge >= 0.3 is 0 Å². The van der Waals surface area contributed by atoms with E-state index in [9.17, 15) is 5.26 Å². The number of hydrogen-bond donors (Lipinski definition) is 1. The molecule has 2 aliphatic rings. The van der Waals surface area contributed by atoms with Crippen LogP contribution in [0.5, 0.6) is 0 Å². The van der Waals surface area contributed by atoms with E-state index in [0.717, 1.165) is 61.6 Å². The van der Waals surface area contributed by atoms with Crippen LogP contribution in [-0.2, 0) is 0 Å². The molecule has 1 unspecified atom stereocenters. The van der Waals surface area contributed by atoms with Gasteiger partial charge in [0.1, 0.15) is 5.82 Å². The molecule has 3 heterocycles. The average Bonchev–Trinajstić information content (AvgIpc) is 3.11. The van der Waals surface area contributed by atoms with E-state index in [-0.39, 0.29) is 0 Å². The van der Waals surface area contributed by atoms with Gasteiger partial charge in [-0.25, -0.2) is 4.98 Å². The monoisotopic (exact) mass is 307 g/mol. The van der Waals surface area contributed by atoms with E-state index < -0.39 is 0 Å². The Bertz CT molecular complexity index is 745. The average molecular weight is 307 g/mol. The predicted molar refractivity (Wildman–Crippen MR) is 91.5 cm³/mol. The van der Waals surface area contributed by atoms with Gasteiger partial charge in [-0.3, -0.25) is 4.90 Å². The van der Waals surface area contributed by atoms with Crippen molar-refractivity contribution in [2.45, 2.75) is 12.5 Å². The lowest BCUT2D eigenvalue weighted by molar-refractivity contribution is 0.185. The highest BCUT2D eigenvalue weighted by Gasteiger charge is 2.29. The lowest BCUT2D eigenvalue weighted by Gasteiger charge is -2.32. The molecule has 0 aliphatic carbocycles. The molecule has 2 fully saturated rings. The summed E-state index contributed by atoms with van der Waals surface area (Å²) in [6, 6.07) is 12.8. The SMILES string of the molecule is N#Cc1cc(N2CCC(N3CCNCC3)C2)nc2ccccc12. The van der Waals surface area contributed by atoms with E-state index in [1.54, 1.807) is 0 Å². The molecule has 23 heavy (non-hydrogen) atoms. The summed E-state index contributed by atoms with van der Waals surface area (Å²) in [5, 5.41) is 13.8. The van der Waals surface area contributed by atoms with Crippen LogP contribution in [0.25, 0.3) is 10.9 Å². The zero-order valence-electron chi connectivity index (χ0n) is 13.2. The van der Waals surface area contributed by atoms with Crippen LogP contribution < -0.4 is 10.2 Å². The Labute approximate surface area is 136 Å². The number of nitriles is 1. The summed E-state index contributed by atoms with van der Waals surface area (Å²) in [5.74, 6) is 0.942. The Morgan fingerprint density at radius 2 is 2.00 bits per heavy atom. The number of pyridine rings is 1. The first kappa shape index (κ1) is 14.4. The van der Waals surface area contributed by atoms with Gasteiger partial charge < -0.3 is 10.2 Å². The Morgan fingerprint density at radius 1 is 1.17 bits per heavy atom. The van der Waals surface area contributed by atoms with Crippen molar-refractivity contribution in [2.75, 3.05) is 44.2 Å². The topological polar surface area (TPSA) is 55.2 Å². The van der Waals surface area contributed by atoms with Gasteiger partial charge in [0.25, 0.3) is 0 Å². The molecule has 0 radical (unpaired) electrons. The Hall–Kier alpha value is -2.16. The normalized spacial score (nSPS) is 22.4. The van der Waals surface area contributed by atoms with Crippen molar-refractivity contribution in [2.24, 2.45) is 0 Å². The quantitative estimate of drug-likeness (QED) is 0.913. The van der Waals surface area contributed by atoms with Crippen LogP contribution in [0.3, 0.4) is 0 Å². The molecule has 5 nitrogen and oxygen atoms in total. The minimum absolute atomic E-state index is 0.607.